The van der Waals surface area contributed by atoms with Crippen molar-refractivity contribution in [3.05, 3.63) is 76.8 Å². The first-order valence-electron chi connectivity index (χ1n) is 8.44. The third-order valence-corrected chi connectivity index (χ3v) is 5.22. The van der Waals surface area contributed by atoms with E-state index in [2.05, 4.69) is 15.3 Å². The van der Waals surface area contributed by atoms with Crippen LogP contribution in [0.15, 0.2) is 71.1 Å². The third kappa shape index (κ3) is 2.95. The molecule has 0 aliphatic carbocycles. The normalized spacial score (nSPS) is 11.1. The van der Waals surface area contributed by atoms with Crippen molar-refractivity contribution in [3.63, 3.8) is 0 Å². The van der Waals surface area contributed by atoms with Crippen LogP contribution < -0.4 is 5.32 Å². The summed E-state index contributed by atoms with van der Waals surface area (Å²) in [4.78, 5) is 19.4. The number of hydrogen-bond acceptors (Lipinski definition) is 7. The van der Waals surface area contributed by atoms with E-state index in [0.29, 0.717) is 22.2 Å². The van der Waals surface area contributed by atoms with Crippen molar-refractivity contribution in [1.82, 2.24) is 9.97 Å². The fourth-order valence-electron chi connectivity index (χ4n) is 2.96. The molecule has 7 nitrogen and oxygen atoms in total. The van der Waals surface area contributed by atoms with Gasteiger partial charge >= 0.3 is 6.01 Å². The number of oxazole rings is 1. The standard InChI is InChI=1S/C20H12N4O3S/c25-24(26)14-7-8-15-18(11-14)28-20(22-15)23-19-21-16-10-13(6-9-17(16)27-19)12-4-2-1-3-5-12/h1-11H,(H,21,22,23). The molecule has 28 heavy (non-hydrogen) atoms. The van der Waals surface area contributed by atoms with E-state index in [1.54, 1.807) is 6.07 Å². The highest BCUT2D eigenvalue weighted by Gasteiger charge is 2.13. The average molecular weight is 388 g/mol. The van der Waals surface area contributed by atoms with E-state index in [9.17, 15) is 10.1 Å². The number of fused-ring (bicyclic) bond motifs is 2. The van der Waals surface area contributed by atoms with E-state index < -0.39 is 4.92 Å². The second-order valence-corrected chi connectivity index (χ2v) is 7.15. The Morgan fingerprint density at radius 3 is 2.61 bits per heavy atom. The van der Waals surface area contributed by atoms with Crippen LogP contribution in [0.4, 0.5) is 16.8 Å². The molecule has 0 saturated carbocycles. The van der Waals surface area contributed by atoms with Crippen molar-refractivity contribution in [1.29, 1.82) is 0 Å². The smallest absolute Gasteiger partial charge is 0.302 e. The number of nitro benzene ring substituents is 1. The molecule has 2 aromatic heterocycles. The van der Waals surface area contributed by atoms with Crippen LogP contribution >= 0.6 is 11.3 Å². The molecule has 136 valence electrons. The molecule has 0 saturated heterocycles. The molecule has 5 rings (SSSR count). The van der Waals surface area contributed by atoms with Crippen LogP contribution in [0, 0.1) is 10.1 Å². The van der Waals surface area contributed by atoms with Gasteiger partial charge in [0.15, 0.2) is 10.7 Å². The van der Waals surface area contributed by atoms with Gasteiger partial charge in [-0.2, -0.15) is 4.98 Å². The summed E-state index contributed by atoms with van der Waals surface area (Å²) < 4.78 is 6.48. The lowest BCUT2D eigenvalue weighted by Crippen LogP contribution is -1.88. The predicted molar refractivity (Wildman–Crippen MR) is 109 cm³/mol. The van der Waals surface area contributed by atoms with E-state index in [0.717, 1.165) is 21.3 Å². The summed E-state index contributed by atoms with van der Waals surface area (Å²) in [5.41, 5.74) is 4.29. The highest BCUT2D eigenvalue weighted by Crippen LogP contribution is 2.32. The van der Waals surface area contributed by atoms with Gasteiger partial charge in [-0.15, -0.1) is 0 Å². The summed E-state index contributed by atoms with van der Waals surface area (Å²) in [6.07, 6.45) is 0. The van der Waals surface area contributed by atoms with Gasteiger partial charge in [0.1, 0.15) is 5.52 Å². The van der Waals surface area contributed by atoms with Crippen molar-refractivity contribution in [2.45, 2.75) is 0 Å². The summed E-state index contributed by atoms with van der Waals surface area (Å²) in [6.45, 7) is 0. The fraction of sp³-hybridized carbons (Fsp3) is 0. The Hall–Kier alpha value is -3.78. The average Bonchev–Trinajstić information content (AvgIpc) is 3.30. The second kappa shape index (κ2) is 6.43. The van der Waals surface area contributed by atoms with Gasteiger partial charge in [0.2, 0.25) is 0 Å². The first kappa shape index (κ1) is 16.4. The molecule has 0 aliphatic rings. The molecule has 0 spiro atoms. The number of nitrogens with one attached hydrogen (secondary N) is 1. The van der Waals surface area contributed by atoms with Crippen LogP contribution in [0.2, 0.25) is 0 Å². The van der Waals surface area contributed by atoms with Crippen LogP contribution in [0.3, 0.4) is 0 Å². The molecule has 8 heteroatoms. The summed E-state index contributed by atoms with van der Waals surface area (Å²) in [5.74, 6) is 0. The number of rotatable bonds is 4. The Morgan fingerprint density at radius 2 is 1.79 bits per heavy atom. The lowest BCUT2D eigenvalue weighted by atomic mass is 10.1. The zero-order chi connectivity index (χ0) is 19.1. The van der Waals surface area contributed by atoms with Crippen molar-refractivity contribution in [3.8, 4) is 11.1 Å². The number of aromatic nitrogens is 2. The van der Waals surface area contributed by atoms with Crippen molar-refractivity contribution >= 4 is 49.5 Å². The summed E-state index contributed by atoms with van der Waals surface area (Å²) in [5, 5.41) is 14.5. The number of anilines is 2. The Bertz CT molecular complexity index is 1330. The molecule has 0 amide bonds. The molecule has 0 fully saturated rings. The van der Waals surface area contributed by atoms with Gasteiger partial charge in [0.05, 0.1) is 15.1 Å². The number of nitro groups is 1. The molecule has 0 unspecified atom stereocenters. The molecule has 0 radical (unpaired) electrons. The summed E-state index contributed by atoms with van der Waals surface area (Å²) in [6, 6.07) is 20.8. The van der Waals surface area contributed by atoms with Gasteiger partial charge in [0, 0.05) is 12.1 Å². The summed E-state index contributed by atoms with van der Waals surface area (Å²) >= 11 is 1.31. The molecule has 5 aromatic rings. The maximum absolute atomic E-state index is 10.9. The first-order valence-corrected chi connectivity index (χ1v) is 9.25. The molecule has 2 heterocycles. The fourth-order valence-corrected chi connectivity index (χ4v) is 3.85. The maximum Gasteiger partial charge on any atom is 0.302 e. The minimum absolute atomic E-state index is 0.0398. The summed E-state index contributed by atoms with van der Waals surface area (Å²) in [7, 11) is 0. The lowest BCUT2D eigenvalue weighted by Gasteiger charge is -1.99. The zero-order valence-corrected chi connectivity index (χ0v) is 15.1. The topological polar surface area (TPSA) is 94.1 Å². The van der Waals surface area contributed by atoms with Crippen LogP contribution in [0.1, 0.15) is 0 Å². The number of non-ortho nitro benzene ring substituents is 1. The second-order valence-electron chi connectivity index (χ2n) is 6.12. The Labute approximate surface area is 162 Å². The number of hydrogen-bond donors (Lipinski definition) is 1. The van der Waals surface area contributed by atoms with Gasteiger partial charge in [-0.05, 0) is 29.3 Å². The minimum Gasteiger partial charge on any atom is -0.423 e. The number of benzene rings is 3. The molecular weight excluding hydrogens is 376 g/mol. The van der Waals surface area contributed by atoms with Gasteiger partial charge < -0.3 is 4.42 Å². The van der Waals surface area contributed by atoms with Crippen LogP contribution in [-0.4, -0.2) is 14.9 Å². The first-order chi connectivity index (χ1) is 13.7. The van der Waals surface area contributed by atoms with Crippen molar-refractivity contribution in [2.75, 3.05) is 5.32 Å². The largest absolute Gasteiger partial charge is 0.423 e. The van der Waals surface area contributed by atoms with Gasteiger partial charge in [-0.3, -0.25) is 15.4 Å². The molecule has 0 aliphatic heterocycles. The Kier molecular flexibility index (Phi) is 3.77. The predicted octanol–water partition coefficient (Wildman–Crippen LogP) is 5.76. The number of nitrogens with zero attached hydrogens (tertiary/aromatic N) is 3. The highest BCUT2D eigenvalue weighted by molar-refractivity contribution is 7.22. The van der Waals surface area contributed by atoms with E-state index in [1.165, 1.54) is 23.5 Å². The monoisotopic (exact) mass is 388 g/mol. The lowest BCUT2D eigenvalue weighted by molar-refractivity contribution is -0.384. The van der Waals surface area contributed by atoms with Crippen molar-refractivity contribution in [2.24, 2.45) is 0 Å². The zero-order valence-electron chi connectivity index (χ0n) is 14.3. The van der Waals surface area contributed by atoms with Crippen LogP contribution in [0.25, 0.3) is 32.4 Å². The SMILES string of the molecule is O=[N+]([O-])c1ccc2nc(Nc3nc4cc(-c5ccccc5)ccc4o3)sc2c1. The highest BCUT2D eigenvalue weighted by atomic mass is 32.1. The molecule has 0 atom stereocenters. The van der Waals surface area contributed by atoms with Gasteiger partial charge in [-0.25, -0.2) is 4.98 Å². The maximum atomic E-state index is 10.9. The molecule has 3 aromatic carbocycles. The molecule has 0 bridgehead atoms. The van der Waals surface area contributed by atoms with E-state index in [4.69, 9.17) is 4.42 Å². The van der Waals surface area contributed by atoms with E-state index in [1.807, 2.05) is 48.5 Å². The Morgan fingerprint density at radius 1 is 0.929 bits per heavy atom. The molecule has 1 N–H and O–H groups in total. The Balaban J connectivity index is 1.46. The van der Waals surface area contributed by atoms with Crippen LogP contribution in [-0.2, 0) is 0 Å². The molecular formula is C20H12N4O3S. The van der Waals surface area contributed by atoms with E-state index >= 15 is 0 Å². The van der Waals surface area contributed by atoms with Crippen molar-refractivity contribution < 1.29 is 9.34 Å². The minimum atomic E-state index is -0.419. The van der Waals surface area contributed by atoms with Gasteiger partial charge in [0.25, 0.3) is 5.69 Å². The third-order valence-electron chi connectivity index (χ3n) is 4.29. The van der Waals surface area contributed by atoms with E-state index in [-0.39, 0.29) is 5.69 Å². The van der Waals surface area contributed by atoms with Gasteiger partial charge in [-0.1, -0.05) is 47.7 Å². The quantitative estimate of drug-likeness (QED) is 0.311. The van der Waals surface area contributed by atoms with Crippen LogP contribution in [0.5, 0.6) is 0 Å². The number of thiazole rings is 1.